The highest BCUT2D eigenvalue weighted by Gasteiger charge is 2.16. The Bertz CT molecular complexity index is 336. The number of aliphatic carboxylic acids is 1. The van der Waals surface area contributed by atoms with Gasteiger partial charge >= 0.3 is 5.97 Å². The van der Waals surface area contributed by atoms with Gasteiger partial charge in [0.25, 0.3) is 0 Å². The largest absolute Gasteiger partial charge is 0.481 e. The zero-order valence-electron chi connectivity index (χ0n) is 8.40. The minimum absolute atomic E-state index is 0.0610. The van der Waals surface area contributed by atoms with Crippen LogP contribution in [-0.4, -0.2) is 22.3 Å². The highest BCUT2D eigenvalue weighted by molar-refractivity contribution is 8.00. The third-order valence-corrected chi connectivity index (χ3v) is 4.29. The summed E-state index contributed by atoms with van der Waals surface area (Å²) in [6.07, 6.45) is 2.15. The number of carboxylic acid groups (broad SMARTS) is 1. The van der Waals surface area contributed by atoms with Crippen molar-refractivity contribution in [2.24, 2.45) is 0 Å². The Morgan fingerprint density at radius 3 is 2.79 bits per heavy atom. The van der Waals surface area contributed by atoms with Crippen LogP contribution in [0.15, 0.2) is 4.34 Å². The number of aromatic nitrogens is 1. The van der Waals surface area contributed by atoms with Gasteiger partial charge in [-0.3, -0.25) is 4.79 Å². The normalized spacial score (nSPS) is 12.8. The quantitative estimate of drug-likeness (QED) is 0.809. The summed E-state index contributed by atoms with van der Waals surface area (Å²) < 4.78 is 1.01. The Hall–Kier alpha value is -0.550. The lowest BCUT2D eigenvalue weighted by Gasteiger charge is -2.05. The maximum Gasteiger partial charge on any atom is 0.303 e. The number of hydrogen-bond acceptors (Lipinski definition) is 4. The lowest BCUT2D eigenvalue weighted by molar-refractivity contribution is -0.137. The predicted molar refractivity (Wildman–Crippen MR) is 59.3 cm³/mol. The van der Waals surface area contributed by atoms with Gasteiger partial charge in [-0.25, -0.2) is 4.98 Å². The Morgan fingerprint density at radius 2 is 2.36 bits per heavy atom. The molecular formula is C9H13NO2S2. The van der Waals surface area contributed by atoms with E-state index in [4.69, 9.17) is 5.11 Å². The first kappa shape index (κ1) is 11.5. The molecule has 0 aliphatic rings. The second kappa shape index (κ2) is 4.79. The van der Waals surface area contributed by atoms with E-state index in [1.807, 2.05) is 20.1 Å². The molecule has 1 heterocycles. The Labute approximate surface area is 91.6 Å². The van der Waals surface area contributed by atoms with Gasteiger partial charge in [0.1, 0.15) is 4.34 Å². The van der Waals surface area contributed by atoms with E-state index in [9.17, 15) is 4.79 Å². The molecule has 0 saturated heterocycles. The minimum Gasteiger partial charge on any atom is -0.481 e. The van der Waals surface area contributed by atoms with E-state index >= 15 is 0 Å². The summed E-state index contributed by atoms with van der Waals surface area (Å²) in [5, 5.41) is 8.68. The molecule has 1 N–H and O–H groups in total. The second-order valence-corrected chi connectivity index (χ2v) is 5.22. The standard InChI is InChI=1S/C9H13NO2S2/c1-5(4-7(11)12)8-6(2)10-9(13-3)14-8/h5H,4H2,1-3H3,(H,11,12). The predicted octanol–water partition coefficient (Wildman–Crippen LogP) is 2.75. The first-order valence-electron chi connectivity index (χ1n) is 4.27. The van der Waals surface area contributed by atoms with E-state index in [1.165, 1.54) is 0 Å². The molecule has 1 aromatic heterocycles. The molecule has 1 unspecified atom stereocenters. The van der Waals surface area contributed by atoms with Crippen molar-refractivity contribution in [1.29, 1.82) is 0 Å². The van der Waals surface area contributed by atoms with Crippen LogP contribution in [0.5, 0.6) is 0 Å². The van der Waals surface area contributed by atoms with Gasteiger partial charge in [0, 0.05) is 10.8 Å². The van der Waals surface area contributed by atoms with Crippen LogP contribution >= 0.6 is 23.1 Å². The van der Waals surface area contributed by atoms with Crippen molar-refractivity contribution >= 4 is 29.1 Å². The summed E-state index contributed by atoms with van der Waals surface area (Å²) in [4.78, 5) is 16.0. The minimum atomic E-state index is -0.754. The highest BCUT2D eigenvalue weighted by Crippen LogP contribution is 2.32. The molecule has 0 aliphatic heterocycles. The van der Waals surface area contributed by atoms with Gasteiger partial charge in [-0.05, 0) is 13.2 Å². The van der Waals surface area contributed by atoms with Crippen LogP contribution in [0.25, 0.3) is 0 Å². The number of carboxylic acids is 1. The van der Waals surface area contributed by atoms with E-state index in [-0.39, 0.29) is 12.3 Å². The summed E-state index contributed by atoms with van der Waals surface area (Å²) >= 11 is 3.20. The number of rotatable bonds is 4. The monoisotopic (exact) mass is 231 g/mol. The van der Waals surface area contributed by atoms with E-state index in [1.54, 1.807) is 23.1 Å². The SMILES string of the molecule is CSc1nc(C)c(C(C)CC(=O)O)s1. The van der Waals surface area contributed by atoms with Crippen LogP contribution < -0.4 is 0 Å². The molecule has 3 nitrogen and oxygen atoms in total. The van der Waals surface area contributed by atoms with Gasteiger partial charge in [0.05, 0.1) is 12.1 Å². The number of hydrogen-bond donors (Lipinski definition) is 1. The summed E-state index contributed by atoms with van der Waals surface area (Å²) in [6, 6.07) is 0. The van der Waals surface area contributed by atoms with E-state index in [0.717, 1.165) is 14.9 Å². The average Bonchev–Trinajstić information content (AvgIpc) is 2.45. The molecule has 0 bridgehead atoms. The average molecular weight is 231 g/mol. The van der Waals surface area contributed by atoms with Crippen LogP contribution in [0.1, 0.15) is 29.8 Å². The molecule has 0 aromatic carbocycles. The Balaban J connectivity index is 2.83. The second-order valence-electron chi connectivity index (χ2n) is 3.13. The fraction of sp³-hybridized carbons (Fsp3) is 0.556. The van der Waals surface area contributed by atoms with Gasteiger partial charge in [-0.2, -0.15) is 0 Å². The molecule has 0 amide bonds. The summed E-state index contributed by atoms with van der Waals surface area (Å²) in [5.41, 5.74) is 0.966. The smallest absolute Gasteiger partial charge is 0.303 e. The van der Waals surface area contributed by atoms with Crippen molar-refractivity contribution in [2.45, 2.75) is 30.5 Å². The summed E-state index contributed by atoms with van der Waals surface area (Å²) in [6.45, 7) is 3.86. The van der Waals surface area contributed by atoms with E-state index in [0.29, 0.717) is 0 Å². The molecule has 14 heavy (non-hydrogen) atoms. The molecule has 5 heteroatoms. The van der Waals surface area contributed by atoms with E-state index < -0.39 is 5.97 Å². The highest BCUT2D eigenvalue weighted by atomic mass is 32.2. The van der Waals surface area contributed by atoms with Gasteiger partial charge < -0.3 is 5.11 Å². The molecule has 78 valence electrons. The maximum absolute atomic E-state index is 10.5. The number of thiazole rings is 1. The Morgan fingerprint density at radius 1 is 1.71 bits per heavy atom. The zero-order valence-corrected chi connectivity index (χ0v) is 10.0. The zero-order chi connectivity index (χ0) is 10.7. The van der Waals surface area contributed by atoms with E-state index in [2.05, 4.69) is 4.98 Å². The molecule has 0 spiro atoms. The summed E-state index contributed by atoms with van der Waals surface area (Å²) in [5.74, 6) is -0.693. The number of nitrogens with zero attached hydrogens (tertiary/aromatic N) is 1. The number of aryl methyl sites for hydroxylation is 1. The van der Waals surface area contributed by atoms with Gasteiger partial charge in [-0.15, -0.1) is 11.3 Å². The van der Waals surface area contributed by atoms with Crippen molar-refractivity contribution in [3.8, 4) is 0 Å². The van der Waals surface area contributed by atoms with Crippen LogP contribution in [0, 0.1) is 6.92 Å². The van der Waals surface area contributed by atoms with Crippen molar-refractivity contribution < 1.29 is 9.90 Å². The molecule has 0 saturated carbocycles. The van der Waals surface area contributed by atoms with Gasteiger partial charge in [-0.1, -0.05) is 18.7 Å². The van der Waals surface area contributed by atoms with Crippen molar-refractivity contribution in [3.63, 3.8) is 0 Å². The molecule has 0 radical (unpaired) electrons. The molecule has 0 aliphatic carbocycles. The maximum atomic E-state index is 10.5. The molecule has 0 fully saturated rings. The topological polar surface area (TPSA) is 50.2 Å². The molecule has 1 rings (SSSR count). The summed E-state index contributed by atoms with van der Waals surface area (Å²) in [7, 11) is 0. The first-order valence-corrected chi connectivity index (χ1v) is 6.31. The number of thioether (sulfide) groups is 1. The fourth-order valence-electron chi connectivity index (χ4n) is 1.28. The van der Waals surface area contributed by atoms with Gasteiger partial charge in [0.15, 0.2) is 0 Å². The van der Waals surface area contributed by atoms with Crippen molar-refractivity contribution in [2.75, 3.05) is 6.26 Å². The van der Waals surface area contributed by atoms with Crippen molar-refractivity contribution in [1.82, 2.24) is 4.98 Å². The van der Waals surface area contributed by atoms with Crippen LogP contribution in [0.3, 0.4) is 0 Å². The third kappa shape index (κ3) is 2.72. The van der Waals surface area contributed by atoms with Gasteiger partial charge in [0.2, 0.25) is 0 Å². The fourth-order valence-corrected chi connectivity index (χ4v) is 2.96. The lowest BCUT2D eigenvalue weighted by Crippen LogP contribution is -2.02. The molecule has 1 atom stereocenters. The number of carbonyl (C=O) groups is 1. The van der Waals surface area contributed by atoms with Crippen LogP contribution in [0.2, 0.25) is 0 Å². The Kier molecular flexibility index (Phi) is 3.95. The molecule has 1 aromatic rings. The van der Waals surface area contributed by atoms with Crippen LogP contribution in [-0.2, 0) is 4.79 Å². The third-order valence-electron chi connectivity index (χ3n) is 1.92. The van der Waals surface area contributed by atoms with Crippen molar-refractivity contribution in [3.05, 3.63) is 10.6 Å². The van der Waals surface area contributed by atoms with Crippen LogP contribution in [0.4, 0.5) is 0 Å². The lowest BCUT2D eigenvalue weighted by atomic mass is 10.1. The molecular weight excluding hydrogens is 218 g/mol. The first-order chi connectivity index (χ1) is 6.54.